The molecule has 0 saturated heterocycles. The number of carbonyl (C=O) groups excluding carboxylic acids is 1. The van der Waals surface area contributed by atoms with Crippen molar-refractivity contribution in [3.05, 3.63) is 41.9 Å². The van der Waals surface area contributed by atoms with Crippen LogP contribution in [0.5, 0.6) is 11.5 Å². The van der Waals surface area contributed by atoms with E-state index in [9.17, 15) is 9.90 Å². The molecule has 2 heterocycles. The third-order valence-corrected chi connectivity index (χ3v) is 3.87. The Balaban J connectivity index is 1.65. The number of aliphatic hydroxyl groups excluding tert-OH is 1. The summed E-state index contributed by atoms with van der Waals surface area (Å²) < 4.78 is 16.4. The Morgan fingerprint density at radius 1 is 1.48 bits per heavy atom. The molecule has 0 saturated carbocycles. The van der Waals surface area contributed by atoms with E-state index < -0.39 is 12.1 Å². The number of benzene rings is 1. The molecule has 0 aliphatic carbocycles. The molecule has 1 aliphatic heterocycles. The Morgan fingerprint density at radius 3 is 3.04 bits per heavy atom. The van der Waals surface area contributed by atoms with Gasteiger partial charge < -0.3 is 29.6 Å². The first-order valence-corrected chi connectivity index (χ1v) is 8.29. The summed E-state index contributed by atoms with van der Waals surface area (Å²) in [6, 6.07) is 6.55. The summed E-state index contributed by atoms with van der Waals surface area (Å²) in [6.45, 7) is 4.40. The van der Waals surface area contributed by atoms with Crippen LogP contribution in [0.15, 0.2) is 34.9 Å². The summed E-state index contributed by atoms with van der Waals surface area (Å²) in [5.74, 6) is 1.75. The number of urea groups is 1. The summed E-state index contributed by atoms with van der Waals surface area (Å²) >= 11 is 0. The smallest absolute Gasteiger partial charge is 0.319 e. The Kier molecular flexibility index (Phi) is 5.14. The van der Waals surface area contributed by atoms with E-state index in [1.54, 1.807) is 18.2 Å². The van der Waals surface area contributed by atoms with Gasteiger partial charge in [-0.3, -0.25) is 0 Å². The Hall–Kier alpha value is -2.67. The molecule has 2 unspecified atom stereocenters. The number of furan rings is 1. The van der Waals surface area contributed by atoms with Gasteiger partial charge in [-0.05, 0) is 32.0 Å². The molecule has 0 spiro atoms. The zero-order valence-electron chi connectivity index (χ0n) is 14.2. The van der Waals surface area contributed by atoms with E-state index in [4.69, 9.17) is 13.9 Å². The van der Waals surface area contributed by atoms with Gasteiger partial charge in [0.1, 0.15) is 29.5 Å². The van der Waals surface area contributed by atoms with E-state index >= 15 is 0 Å². The lowest BCUT2D eigenvalue weighted by atomic mass is 10.1. The number of hydrogen-bond acceptors (Lipinski definition) is 5. The van der Waals surface area contributed by atoms with Crippen molar-refractivity contribution < 1.29 is 23.8 Å². The van der Waals surface area contributed by atoms with Crippen LogP contribution in [0.2, 0.25) is 0 Å². The van der Waals surface area contributed by atoms with Crippen LogP contribution in [0.25, 0.3) is 0 Å². The number of ether oxygens (including phenoxy) is 2. The molecule has 1 aromatic carbocycles. The second-order valence-corrected chi connectivity index (χ2v) is 5.89. The van der Waals surface area contributed by atoms with Gasteiger partial charge in [0.05, 0.1) is 25.1 Å². The average Bonchev–Trinajstić information content (AvgIpc) is 3.22. The topological polar surface area (TPSA) is 93.0 Å². The summed E-state index contributed by atoms with van der Waals surface area (Å²) in [5.41, 5.74) is 1.59. The Bertz CT molecular complexity index is 729. The predicted octanol–water partition coefficient (Wildman–Crippen LogP) is 2.86. The summed E-state index contributed by atoms with van der Waals surface area (Å²) in [5, 5.41) is 15.3. The number of aliphatic hydroxyl groups is 1. The van der Waals surface area contributed by atoms with Crippen LogP contribution >= 0.6 is 0 Å². The zero-order valence-corrected chi connectivity index (χ0v) is 14.2. The highest BCUT2D eigenvalue weighted by atomic mass is 16.5. The minimum Gasteiger partial charge on any atom is -0.492 e. The molecule has 0 radical (unpaired) electrons. The van der Waals surface area contributed by atoms with Gasteiger partial charge in [-0.1, -0.05) is 0 Å². The third-order valence-electron chi connectivity index (χ3n) is 3.87. The molecule has 3 N–H and O–H groups in total. The number of rotatable bonds is 6. The molecule has 25 heavy (non-hydrogen) atoms. The van der Waals surface area contributed by atoms with Gasteiger partial charge in [-0.25, -0.2) is 4.79 Å². The number of hydrogen-bond donors (Lipinski definition) is 3. The van der Waals surface area contributed by atoms with Crippen LogP contribution in [0.1, 0.15) is 31.3 Å². The monoisotopic (exact) mass is 346 g/mol. The quantitative estimate of drug-likeness (QED) is 0.748. The summed E-state index contributed by atoms with van der Waals surface area (Å²) in [7, 11) is 0. The summed E-state index contributed by atoms with van der Waals surface area (Å²) in [4.78, 5) is 12.1. The second kappa shape index (κ2) is 7.48. The predicted molar refractivity (Wildman–Crippen MR) is 92.1 cm³/mol. The van der Waals surface area contributed by atoms with Gasteiger partial charge in [-0.15, -0.1) is 0 Å². The molecule has 7 heteroatoms. The third kappa shape index (κ3) is 4.06. The molecule has 2 amide bonds. The zero-order chi connectivity index (χ0) is 17.8. The van der Waals surface area contributed by atoms with Gasteiger partial charge in [0.2, 0.25) is 0 Å². The highest BCUT2D eigenvalue weighted by Gasteiger charge is 2.22. The average molecular weight is 346 g/mol. The lowest BCUT2D eigenvalue weighted by Crippen LogP contribution is -2.32. The molecular weight excluding hydrogens is 324 g/mol. The van der Waals surface area contributed by atoms with E-state index in [0.29, 0.717) is 23.8 Å². The molecule has 1 aliphatic rings. The van der Waals surface area contributed by atoms with Crippen molar-refractivity contribution in [3.63, 3.8) is 0 Å². The standard InChI is InChI=1S/C18H22N2O5/c1-3-23-17-8-12-7-11(2)25-16(12)9-13(17)20-18(22)19-10-14(21)15-5-4-6-24-15/h4-6,8-9,11,14,21H,3,7,10H2,1-2H3,(H2,19,20,22). The van der Waals surface area contributed by atoms with Crippen molar-refractivity contribution in [2.45, 2.75) is 32.5 Å². The molecule has 1 aromatic heterocycles. The van der Waals surface area contributed by atoms with E-state index in [0.717, 1.165) is 17.7 Å². The molecular formula is C18H22N2O5. The maximum absolute atomic E-state index is 12.1. The first kappa shape index (κ1) is 17.2. The second-order valence-electron chi connectivity index (χ2n) is 5.89. The normalized spacial score (nSPS) is 16.7. The van der Waals surface area contributed by atoms with Gasteiger partial charge in [0.25, 0.3) is 0 Å². The number of fused-ring (bicyclic) bond motifs is 1. The van der Waals surface area contributed by atoms with Crippen LogP contribution in [0, 0.1) is 0 Å². The first-order valence-electron chi connectivity index (χ1n) is 8.29. The number of amides is 2. The van der Waals surface area contributed by atoms with Crippen molar-refractivity contribution in [3.8, 4) is 11.5 Å². The fraction of sp³-hybridized carbons (Fsp3) is 0.389. The first-order chi connectivity index (χ1) is 12.1. The van der Waals surface area contributed by atoms with E-state index in [1.807, 2.05) is 19.9 Å². The molecule has 3 rings (SSSR count). The minimum atomic E-state index is -0.906. The largest absolute Gasteiger partial charge is 0.492 e. The van der Waals surface area contributed by atoms with Gasteiger partial charge in [0.15, 0.2) is 0 Å². The fourth-order valence-corrected chi connectivity index (χ4v) is 2.75. The highest BCUT2D eigenvalue weighted by Crippen LogP contribution is 2.38. The maximum Gasteiger partial charge on any atom is 0.319 e. The molecule has 2 atom stereocenters. The molecule has 0 fully saturated rings. The van der Waals surface area contributed by atoms with Gasteiger partial charge in [0, 0.05) is 18.1 Å². The van der Waals surface area contributed by atoms with Crippen LogP contribution in [0.3, 0.4) is 0 Å². The molecule has 0 bridgehead atoms. The van der Waals surface area contributed by atoms with Gasteiger partial charge in [-0.2, -0.15) is 0 Å². The Labute approximate surface area is 145 Å². The van der Waals surface area contributed by atoms with Crippen molar-refractivity contribution in [2.24, 2.45) is 0 Å². The molecule has 2 aromatic rings. The Morgan fingerprint density at radius 2 is 2.32 bits per heavy atom. The van der Waals surface area contributed by atoms with Crippen molar-refractivity contribution in [2.75, 3.05) is 18.5 Å². The number of nitrogens with one attached hydrogen (secondary N) is 2. The van der Waals surface area contributed by atoms with Gasteiger partial charge >= 0.3 is 6.03 Å². The SMILES string of the molecule is CCOc1cc2c(cc1NC(=O)NCC(O)c1ccco1)OC(C)C2. The van der Waals surface area contributed by atoms with Crippen LogP contribution in [-0.2, 0) is 6.42 Å². The van der Waals surface area contributed by atoms with Crippen LogP contribution in [-0.4, -0.2) is 30.4 Å². The molecule has 7 nitrogen and oxygen atoms in total. The number of carbonyl (C=O) groups is 1. The van der Waals surface area contributed by atoms with E-state index in [1.165, 1.54) is 6.26 Å². The van der Waals surface area contributed by atoms with Crippen molar-refractivity contribution >= 4 is 11.7 Å². The fourth-order valence-electron chi connectivity index (χ4n) is 2.75. The van der Waals surface area contributed by atoms with E-state index in [-0.39, 0.29) is 12.6 Å². The van der Waals surface area contributed by atoms with Crippen molar-refractivity contribution in [1.29, 1.82) is 0 Å². The lowest BCUT2D eigenvalue weighted by Gasteiger charge is -2.15. The van der Waals surface area contributed by atoms with Crippen LogP contribution in [0.4, 0.5) is 10.5 Å². The minimum absolute atomic E-state index is 0.0296. The lowest BCUT2D eigenvalue weighted by molar-refractivity contribution is 0.149. The molecule has 134 valence electrons. The van der Waals surface area contributed by atoms with Crippen molar-refractivity contribution in [1.82, 2.24) is 5.32 Å². The van der Waals surface area contributed by atoms with E-state index in [2.05, 4.69) is 10.6 Å². The maximum atomic E-state index is 12.1. The summed E-state index contributed by atoms with van der Waals surface area (Å²) in [6.07, 6.45) is 1.49. The highest BCUT2D eigenvalue weighted by molar-refractivity contribution is 5.91. The number of anilines is 1. The van der Waals surface area contributed by atoms with Crippen LogP contribution < -0.4 is 20.1 Å².